The van der Waals surface area contributed by atoms with Crippen LogP contribution in [0.15, 0.2) is 49.1 Å². The van der Waals surface area contributed by atoms with Gasteiger partial charge in [0.2, 0.25) is 0 Å². The molecule has 10 heteroatoms. The van der Waals surface area contributed by atoms with Crippen molar-refractivity contribution in [1.82, 2.24) is 29.9 Å². The summed E-state index contributed by atoms with van der Waals surface area (Å²) in [4.78, 5) is 8.69. The number of H-pyrrole nitrogens is 1. The SMILES string of the molecule is CC(C)c1ccc2c(c1)OC[C@H]2Cn1cnc(-c2cc(-c3n[nH]nc3C(F)(F)F)ccn2)c1. The van der Waals surface area contributed by atoms with Crippen molar-refractivity contribution in [3.8, 4) is 28.4 Å². The van der Waals surface area contributed by atoms with Crippen LogP contribution in [0.5, 0.6) is 5.75 Å². The molecule has 0 fully saturated rings. The molecule has 1 aromatic carbocycles. The zero-order valence-corrected chi connectivity index (χ0v) is 18.0. The van der Waals surface area contributed by atoms with Gasteiger partial charge >= 0.3 is 6.18 Å². The molecule has 1 aliphatic heterocycles. The lowest BCUT2D eigenvalue weighted by atomic mass is 9.96. The number of imidazole rings is 1. The highest BCUT2D eigenvalue weighted by atomic mass is 19.4. The molecule has 4 heterocycles. The lowest BCUT2D eigenvalue weighted by molar-refractivity contribution is -0.140. The Balaban J connectivity index is 1.37. The summed E-state index contributed by atoms with van der Waals surface area (Å²) in [6.45, 7) is 5.56. The second kappa shape index (κ2) is 8.02. The van der Waals surface area contributed by atoms with Gasteiger partial charge in [-0.25, -0.2) is 4.98 Å². The predicted octanol–water partition coefficient (Wildman–Crippen LogP) is 5.05. The Morgan fingerprint density at radius 2 is 1.97 bits per heavy atom. The number of fused-ring (bicyclic) bond motifs is 1. The Hall–Kier alpha value is -3.69. The first-order valence-corrected chi connectivity index (χ1v) is 10.5. The molecule has 5 rings (SSSR count). The summed E-state index contributed by atoms with van der Waals surface area (Å²) in [5, 5.41) is 8.98. The van der Waals surface area contributed by atoms with Crippen LogP contribution < -0.4 is 4.74 Å². The third-order valence-electron chi connectivity index (χ3n) is 5.76. The van der Waals surface area contributed by atoms with E-state index < -0.39 is 11.9 Å². The molecule has 3 aromatic heterocycles. The molecule has 1 atom stereocenters. The van der Waals surface area contributed by atoms with Gasteiger partial charge in [-0.05, 0) is 29.7 Å². The number of aromatic amines is 1. The van der Waals surface area contributed by atoms with Crippen LogP contribution in [0.2, 0.25) is 0 Å². The zero-order chi connectivity index (χ0) is 23.2. The number of aromatic nitrogens is 6. The van der Waals surface area contributed by atoms with Crippen molar-refractivity contribution in [2.24, 2.45) is 0 Å². The number of rotatable bonds is 5. The molecule has 7 nitrogen and oxygen atoms in total. The van der Waals surface area contributed by atoms with Gasteiger partial charge in [0.05, 0.1) is 18.6 Å². The van der Waals surface area contributed by atoms with Crippen LogP contribution in [0.3, 0.4) is 0 Å². The normalized spacial score (nSPS) is 15.6. The minimum Gasteiger partial charge on any atom is -0.493 e. The molecular weight excluding hydrogens is 433 g/mol. The number of nitrogens with zero attached hydrogens (tertiary/aromatic N) is 5. The lowest BCUT2D eigenvalue weighted by Gasteiger charge is -2.11. The second-order valence-electron chi connectivity index (χ2n) is 8.36. The molecule has 0 bridgehead atoms. The third kappa shape index (κ3) is 4.08. The minimum absolute atomic E-state index is 0.187. The summed E-state index contributed by atoms with van der Waals surface area (Å²) in [5.74, 6) is 1.54. The third-order valence-corrected chi connectivity index (χ3v) is 5.76. The van der Waals surface area contributed by atoms with Crippen LogP contribution >= 0.6 is 0 Å². The number of hydrogen-bond donors (Lipinski definition) is 1. The fourth-order valence-electron chi connectivity index (χ4n) is 4.00. The fourth-order valence-corrected chi connectivity index (χ4v) is 4.00. The van der Waals surface area contributed by atoms with Crippen LogP contribution in [0, 0.1) is 0 Å². The molecule has 0 spiro atoms. The van der Waals surface area contributed by atoms with Gasteiger partial charge in [-0.15, -0.1) is 0 Å². The van der Waals surface area contributed by atoms with E-state index >= 15 is 0 Å². The number of pyridine rings is 1. The molecule has 0 saturated carbocycles. The monoisotopic (exact) mass is 454 g/mol. The van der Waals surface area contributed by atoms with Crippen LogP contribution in [0.1, 0.15) is 42.5 Å². The minimum atomic E-state index is -4.61. The highest BCUT2D eigenvalue weighted by Crippen LogP contribution is 2.37. The highest BCUT2D eigenvalue weighted by molar-refractivity contribution is 5.67. The molecule has 0 saturated heterocycles. The van der Waals surface area contributed by atoms with Gasteiger partial charge in [-0.3, -0.25) is 4.98 Å². The maximum absolute atomic E-state index is 13.2. The summed E-state index contributed by atoms with van der Waals surface area (Å²) in [7, 11) is 0. The van der Waals surface area contributed by atoms with Gasteiger partial charge in [-0.2, -0.15) is 28.6 Å². The largest absolute Gasteiger partial charge is 0.493 e. The van der Waals surface area contributed by atoms with Gasteiger partial charge in [-0.1, -0.05) is 26.0 Å². The number of hydrogen-bond acceptors (Lipinski definition) is 5. The first-order valence-electron chi connectivity index (χ1n) is 10.5. The van der Waals surface area contributed by atoms with E-state index in [0.29, 0.717) is 30.5 Å². The number of benzene rings is 1. The van der Waals surface area contributed by atoms with Crippen LogP contribution in [-0.2, 0) is 12.7 Å². The number of nitrogens with one attached hydrogen (secondary N) is 1. The van der Waals surface area contributed by atoms with E-state index in [4.69, 9.17) is 4.74 Å². The Morgan fingerprint density at radius 3 is 2.76 bits per heavy atom. The zero-order valence-electron chi connectivity index (χ0n) is 18.0. The quantitative estimate of drug-likeness (QED) is 0.457. The second-order valence-corrected chi connectivity index (χ2v) is 8.36. The van der Waals surface area contributed by atoms with Gasteiger partial charge in [0, 0.05) is 36.0 Å². The van der Waals surface area contributed by atoms with E-state index in [1.807, 2.05) is 10.8 Å². The number of halogens is 3. The summed E-state index contributed by atoms with van der Waals surface area (Å²) in [5.41, 5.74) is 2.34. The van der Waals surface area contributed by atoms with E-state index in [1.165, 1.54) is 29.5 Å². The smallest absolute Gasteiger partial charge is 0.437 e. The van der Waals surface area contributed by atoms with Crippen LogP contribution in [0.25, 0.3) is 22.6 Å². The van der Waals surface area contributed by atoms with E-state index in [9.17, 15) is 13.2 Å². The van der Waals surface area contributed by atoms with Crippen molar-refractivity contribution < 1.29 is 17.9 Å². The maximum Gasteiger partial charge on any atom is 0.437 e. The first kappa shape index (κ1) is 21.2. The van der Waals surface area contributed by atoms with E-state index in [1.54, 1.807) is 6.33 Å². The van der Waals surface area contributed by atoms with E-state index in [2.05, 4.69) is 57.4 Å². The van der Waals surface area contributed by atoms with Crippen molar-refractivity contribution in [3.63, 3.8) is 0 Å². The molecule has 0 unspecified atom stereocenters. The summed E-state index contributed by atoms with van der Waals surface area (Å²) >= 11 is 0. The maximum atomic E-state index is 13.2. The van der Waals surface area contributed by atoms with Gasteiger partial charge < -0.3 is 9.30 Å². The summed E-state index contributed by atoms with van der Waals surface area (Å²) < 4.78 is 47.4. The molecule has 0 aliphatic carbocycles. The molecule has 4 aromatic rings. The molecule has 1 aliphatic rings. The van der Waals surface area contributed by atoms with Crippen LogP contribution in [-0.4, -0.2) is 36.6 Å². The average Bonchev–Trinajstić information content (AvgIpc) is 3.53. The summed E-state index contributed by atoms with van der Waals surface area (Å²) in [6.07, 6.45) is 0.357. The lowest BCUT2D eigenvalue weighted by Crippen LogP contribution is -2.09. The summed E-state index contributed by atoms with van der Waals surface area (Å²) in [6, 6.07) is 9.36. The fraction of sp³-hybridized carbons (Fsp3) is 0.304. The van der Waals surface area contributed by atoms with Gasteiger partial charge in [0.25, 0.3) is 0 Å². The topological polar surface area (TPSA) is 81.5 Å². The molecule has 0 amide bonds. The number of alkyl halides is 3. The Bertz CT molecular complexity index is 1290. The Kier molecular flexibility index (Phi) is 5.15. The Labute approximate surface area is 187 Å². The molecule has 33 heavy (non-hydrogen) atoms. The standard InChI is InChI=1S/C23H21F3N6O/c1-13(2)14-3-4-17-16(11-33-20(17)8-14)9-32-10-19(28-12-32)18-7-15(5-6-27-18)21-22(23(24,25)26)30-31-29-21/h3-8,10,12-13,16H,9,11H2,1-2H3,(H,29,30,31)/t16-/m1/s1. The van der Waals surface area contributed by atoms with Crippen molar-refractivity contribution in [1.29, 1.82) is 0 Å². The molecule has 170 valence electrons. The van der Waals surface area contributed by atoms with Crippen molar-refractivity contribution in [3.05, 3.63) is 65.9 Å². The van der Waals surface area contributed by atoms with Gasteiger partial charge in [0.15, 0.2) is 5.69 Å². The molecule has 1 N–H and O–H groups in total. The molecule has 0 radical (unpaired) electrons. The average molecular weight is 454 g/mol. The highest BCUT2D eigenvalue weighted by Gasteiger charge is 2.38. The van der Waals surface area contributed by atoms with Gasteiger partial charge in [0.1, 0.15) is 17.1 Å². The predicted molar refractivity (Wildman–Crippen MR) is 115 cm³/mol. The van der Waals surface area contributed by atoms with Crippen molar-refractivity contribution in [2.45, 2.75) is 38.4 Å². The van der Waals surface area contributed by atoms with Crippen molar-refractivity contribution >= 4 is 0 Å². The first-order chi connectivity index (χ1) is 15.8. The van der Waals surface area contributed by atoms with Crippen molar-refractivity contribution in [2.75, 3.05) is 6.61 Å². The van der Waals surface area contributed by atoms with E-state index in [0.717, 1.165) is 5.75 Å². The van der Waals surface area contributed by atoms with E-state index in [-0.39, 0.29) is 17.2 Å². The number of ether oxygens (including phenoxy) is 1. The van der Waals surface area contributed by atoms with Crippen LogP contribution in [0.4, 0.5) is 13.2 Å². The molecular formula is C23H21F3N6O. The Morgan fingerprint density at radius 1 is 1.12 bits per heavy atom.